The number of ether oxygens (including phenoxy) is 1. The summed E-state index contributed by atoms with van der Waals surface area (Å²) in [7, 11) is 0. The summed E-state index contributed by atoms with van der Waals surface area (Å²) in [6, 6.07) is 7.32. The maximum Gasteiger partial charge on any atom is 0.331 e. The number of anilines is 3. The van der Waals surface area contributed by atoms with Crippen LogP contribution in [0.25, 0.3) is 10.2 Å². The highest BCUT2D eigenvalue weighted by molar-refractivity contribution is 7.21. The molecule has 3 amide bonds. The number of rotatable bonds is 5. The second kappa shape index (κ2) is 9.47. The summed E-state index contributed by atoms with van der Waals surface area (Å²) in [4.78, 5) is 34.2. The summed E-state index contributed by atoms with van der Waals surface area (Å²) in [5, 5.41) is 10.4. The summed E-state index contributed by atoms with van der Waals surface area (Å²) in [6.07, 6.45) is 3.70. The van der Waals surface area contributed by atoms with Crippen LogP contribution < -0.4 is 25.6 Å². The van der Waals surface area contributed by atoms with Crippen molar-refractivity contribution in [3.05, 3.63) is 40.9 Å². The molecule has 35 heavy (non-hydrogen) atoms. The van der Waals surface area contributed by atoms with Crippen molar-refractivity contribution >= 4 is 50.6 Å². The van der Waals surface area contributed by atoms with Crippen LogP contribution in [0.4, 0.5) is 21.9 Å². The summed E-state index contributed by atoms with van der Waals surface area (Å²) in [5.74, 6) is 0.932. The number of hydrogen-bond donors (Lipinski definition) is 3. The molecule has 0 bridgehead atoms. The molecule has 2 atom stereocenters. The minimum Gasteiger partial charge on any atom is -0.491 e. The van der Waals surface area contributed by atoms with Crippen LogP contribution >= 0.6 is 11.3 Å². The number of nitrogens with one attached hydrogen (secondary N) is 3. The highest BCUT2D eigenvalue weighted by Crippen LogP contribution is 2.46. The summed E-state index contributed by atoms with van der Waals surface area (Å²) >= 11 is 1.32. The van der Waals surface area contributed by atoms with Crippen molar-refractivity contribution in [3.63, 3.8) is 0 Å². The number of benzene rings is 1. The van der Waals surface area contributed by atoms with E-state index in [0.29, 0.717) is 16.5 Å². The van der Waals surface area contributed by atoms with Crippen LogP contribution in [0.5, 0.6) is 5.75 Å². The fourth-order valence-electron chi connectivity index (χ4n) is 4.86. The number of pyridine rings is 1. The highest BCUT2D eigenvalue weighted by atomic mass is 32.1. The molecule has 8 nitrogen and oxygen atoms in total. The summed E-state index contributed by atoms with van der Waals surface area (Å²) < 4.78 is 5.81. The van der Waals surface area contributed by atoms with Crippen LogP contribution in [-0.2, 0) is 0 Å². The Labute approximate surface area is 209 Å². The molecule has 0 saturated carbocycles. The molecule has 1 fully saturated rings. The molecule has 0 spiro atoms. The zero-order valence-electron chi connectivity index (χ0n) is 20.5. The number of nitrogens with zero attached hydrogens (tertiary/aromatic N) is 2. The topological polar surface area (TPSA) is 95.6 Å². The highest BCUT2D eigenvalue weighted by Gasteiger charge is 2.34. The lowest BCUT2D eigenvalue weighted by molar-refractivity contribution is 0.0928. The van der Waals surface area contributed by atoms with Gasteiger partial charge in [-0.2, -0.15) is 0 Å². The third kappa shape index (κ3) is 4.46. The number of aromatic nitrogens is 1. The molecule has 0 radical (unpaired) electrons. The zero-order chi connectivity index (χ0) is 24.7. The molecule has 1 saturated heterocycles. The number of thiophene rings is 1. The Bertz CT molecular complexity index is 1290. The van der Waals surface area contributed by atoms with E-state index in [1.807, 2.05) is 45.0 Å². The third-order valence-electron chi connectivity index (χ3n) is 6.57. The molecule has 2 aliphatic heterocycles. The average Bonchev–Trinajstić information content (AvgIpc) is 3.06. The number of urea groups is 1. The Morgan fingerprint density at radius 3 is 2.89 bits per heavy atom. The summed E-state index contributed by atoms with van der Waals surface area (Å²) in [5.41, 5.74) is 2.94. The van der Waals surface area contributed by atoms with Crippen LogP contribution in [0, 0.1) is 12.8 Å². The number of hydrogen-bond acceptors (Lipinski definition) is 6. The van der Waals surface area contributed by atoms with Gasteiger partial charge in [0.2, 0.25) is 0 Å². The molecule has 2 aromatic heterocycles. The number of amides is 3. The first-order chi connectivity index (χ1) is 16.8. The van der Waals surface area contributed by atoms with Crippen molar-refractivity contribution in [2.75, 3.05) is 23.3 Å². The van der Waals surface area contributed by atoms with Crippen molar-refractivity contribution in [3.8, 4) is 5.75 Å². The van der Waals surface area contributed by atoms with Gasteiger partial charge in [0.15, 0.2) is 0 Å². The van der Waals surface area contributed by atoms with Crippen molar-refractivity contribution in [1.82, 2.24) is 15.6 Å². The predicted molar refractivity (Wildman–Crippen MR) is 140 cm³/mol. The van der Waals surface area contributed by atoms with E-state index in [0.717, 1.165) is 58.8 Å². The van der Waals surface area contributed by atoms with Gasteiger partial charge in [-0.05, 0) is 82.4 Å². The van der Waals surface area contributed by atoms with E-state index < -0.39 is 0 Å². The molecular weight excluding hydrogens is 462 g/mol. The van der Waals surface area contributed by atoms with Gasteiger partial charge in [-0.15, -0.1) is 11.3 Å². The van der Waals surface area contributed by atoms with Gasteiger partial charge in [-0.25, -0.2) is 9.78 Å². The van der Waals surface area contributed by atoms with E-state index in [2.05, 4.69) is 27.9 Å². The smallest absolute Gasteiger partial charge is 0.331 e. The van der Waals surface area contributed by atoms with E-state index >= 15 is 0 Å². The monoisotopic (exact) mass is 493 g/mol. The number of aryl methyl sites for hydroxylation is 1. The van der Waals surface area contributed by atoms with E-state index in [9.17, 15) is 9.59 Å². The zero-order valence-corrected chi connectivity index (χ0v) is 21.3. The molecule has 1 aromatic carbocycles. The van der Waals surface area contributed by atoms with Crippen molar-refractivity contribution in [1.29, 1.82) is 0 Å². The SMILES string of the molecule is Cc1cc(OC(C)C)ccc1N1C(=O)Nc2c(C(=O)N[C@@H]3CCCNC[C@@H]3C)sc3nccc1c23. The largest absolute Gasteiger partial charge is 0.491 e. The second-order valence-electron chi connectivity index (χ2n) is 9.60. The second-order valence-corrected chi connectivity index (χ2v) is 10.6. The fraction of sp³-hybridized carbons (Fsp3) is 0.423. The molecule has 5 rings (SSSR count). The van der Waals surface area contributed by atoms with Gasteiger partial charge < -0.3 is 20.7 Å². The lowest BCUT2D eigenvalue weighted by atomic mass is 9.99. The molecular formula is C26H31N5O3S. The Kier molecular flexibility index (Phi) is 6.37. The fourth-order valence-corrected chi connectivity index (χ4v) is 5.88. The Balaban J connectivity index is 1.51. The van der Waals surface area contributed by atoms with Gasteiger partial charge in [0, 0.05) is 12.2 Å². The quantitative estimate of drug-likeness (QED) is 0.454. The number of carbonyl (C=O) groups is 2. The lowest BCUT2D eigenvalue weighted by Gasteiger charge is -2.30. The van der Waals surface area contributed by atoms with Crippen molar-refractivity contribution in [2.24, 2.45) is 5.92 Å². The molecule has 9 heteroatoms. The Morgan fingerprint density at radius 2 is 2.11 bits per heavy atom. The molecule has 0 aliphatic carbocycles. The average molecular weight is 494 g/mol. The molecule has 2 aliphatic rings. The Morgan fingerprint density at radius 1 is 1.29 bits per heavy atom. The minimum absolute atomic E-state index is 0.0635. The van der Waals surface area contributed by atoms with Gasteiger partial charge in [0.1, 0.15) is 15.5 Å². The maximum absolute atomic E-state index is 13.4. The molecule has 0 unspecified atom stereocenters. The van der Waals surface area contributed by atoms with Crippen molar-refractivity contribution < 1.29 is 14.3 Å². The van der Waals surface area contributed by atoms with Gasteiger partial charge >= 0.3 is 6.03 Å². The van der Waals surface area contributed by atoms with Crippen LogP contribution in [0.2, 0.25) is 0 Å². The van der Waals surface area contributed by atoms with Gasteiger partial charge in [-0.3, -0.25) is 9.69 Å². The van der Waals surface area contributed by atoms with Gasteiger partial charge in [0.05, 0.1) is 28.6 Å². The standard InChI is InChI=1S/C26H31N5O3S/c1-14(2)34-17-7-8-19(15(3)12-17)31-20-9-11-28-25-21(20)22(30-26(31)33)23(35-25)24(32)29-18-6-5-10-27-13-16(18)4/h7-9,11-12,14,16,18,27H,5-6,10,13H2,1-4H3,(H,29,32)(H,30,33)/t16-,18+/m0/s1. The van der Waals surface area contributed by atoms with E-state index in [1.54, 1.807) is 11.1 Å². The lowest BCUT2D eigenvalue weighted by Crippen LogP contribution is -2.41. The van der Waals surface area contributed by atoms with Gasteiger partial charge in [-0.1, -0.05) is 6.92 Å². The molecule has 4 heterocycles. The first-order valence-corrected chi connectivity index (χ1v) is 13.0. The van der Waals surface area contributed by atoms with Crippen LogP contribution in [0.15, 0.2) is 30.5 Å². The third-order valence-corrected chi connectivity index (χ3v) is 7.67. The summed E-state index contributed by atoms with van der Waals surface area (Å²) in [6.45, 7) is 9.91. The first kappa shape index (κ1) is 23.6. The number of carbonyl (C=O) groups excluding carboxylic acids is 2. The maximum atomic E-state index is 13.4. The predicted octanol–water partition coefficient (Wildman–Crippen LogP) is 5.19. The van der Waals surface area contributed by atoms with Crippen LogP contribution in [-0.4, -0.2) is 42.2 Å². The van der Waals surface area contributed by atoms with Crippen LogP contribution in [0.1, 0.15) is 48.8 Å². The first-order valence-electron chi connectivity index (χ1n) is 12.1. The van der Waals surface area contributed by atoms with E-state index in [-0.39, 0.29) is 24.1 Å². The van der Waals surface area contributed by atoms with E-state index in [1.165, 1.54) is 11.3 Å². The Hall–Kier alpha value is -3.17. The molecule has 3 N–H and O–H groups in total. The molecule has 3 aromatic rings. The van der Waals surface area contributed by atoms with Crippen molar-refractivity contribution in [2.45, 2.75) is 52.7 Å². The molecule has 184 valence electrons. The van der Waals surface area contributed by atoms with Gasteiger partial charge in [0.25, 0.3) is 5.91 Å². The minimum atomic E-state index is -0.301. The van der Waals surface area contributed by atoms with Crippen LogP contribution in [0.3, 0.4) is 0 Å². The normalized spacial score (nSPS) is 20.0. The van der Waals surface area contributed by atoms with E-state index in [4.69, 9.17) is 4.74 Å².